The summed E-state index contributed by atoms with van der Waals surface area (Å²) < 4.78 is 0. The highest BCUT2D eigenvalue weighted by Gasteiger charge is 2.67. The molecule has 2 heteroatoms. The second kappa shape index (κ2) is 3.18. The Bertz CT molecular complexity index is 359. The maximum absolute atomic E-state index is 12.1. The van der Waals surface area contributed by atoms with E-state index in [1.807, 2.05) is 11.4 Å². The van der Waals surface area contributed by atoms with Crippen LogP contribution in [0.2, 0.25) is 0 Å². The Morgan fingerprint density at radius 2 is 1.93 bits per heavy atom. The fourth-order valence-electron chi connectivity index (χ4n) is 2.70. The van der Waals surface area contributed by atoms with Crippen molar-refractivity contribution < 1.29 is 4.79 Å². The molecule has 0 spiro atoms. The predicted octanol–water partition coefficient (Wildman–Crippen LogP) is 3.54. The molecule has 1 fully saturated rings. The molecule has 0 bridgehead atoms. The van der Waals surface area contributed by atoms with Crippen LogP contribution in [-0.4, -0.2) is 5.78 Å². The van der Waals surface area contributed by atoms with Gasteiger partial charge in [-0.2, -0.15) is 11.3 Å². The van der Waals surface area contributed by atoms with Crippen molar-refractivity contribution in [3.63, 3.8) is 0 Å². The molecule has 0 atom stereocenters. The summed E-state index contributed by atoms with van der Waals surface area (Å²) in [4.78, 5) is 12.1. The first kappa shape index (κ1) is 10.9. The standard InChI is InChI=1S/C13H18OS/c1-12(2)11(13(12,3)4)10(14)7-9-5-6-15-8-9/h5-6,8,11H,7H2,1-4H3. The smallest absolute Gasteiger partial charge is 0.141 e. The minimum Gasteiger partial charge on any atom is -0.299 e. The Labute approximate surface area is 95.5 Å². The van der Waals surface area contributed by atoms with Gasteiger partial charge in [-0.05, 0) is 33.2 Å². The Morgan fingerprint density at radius 3 is 2.33 bits per heavy atom. The second-order valence-corrected chi connectivity index (χ2v) is 6.43. The van der Waals surface area contributed by atoms with Gasteiger partial charge in [0, 0.05) is 12.3 Å². The van der Waals surface area contributed by atoms with E-state index in [4.69, 9.17) is 0 Å². The highest BCUT2D eigenvalue weighted by atomic mass is 32.1. The van der Waals surface area contributed by atoms with Gasteiger partial charge in [-0.3, -0.25) is 4.79 Å². The van der Waals surface area contributed by atoms with Crippen LogP contribution in [-0.2, 0) is 11.2 Å². The first-order valence-electron chi connectivity index (χ1n) is 5.41. The van der Waals surface area contributed by atoms with Gasteiger partial charge in [0.2, 0.25) is 0 Å². The molecule has 0 saturated heterocycles. The number of ketones is 1. The minimum atomic E-state index is 0.181. The highest BCUT2D eigenvalue weighted by Crippen LogP contribution is 2.68. The average Bonchev–Trinajstić information content (AvgIpc) is 2.53. The van der Waals surface area contributed by atoms with Crippen LogP contribution in [0.25, 0.3) is 0 Å². The fraction of sp³-hybridized carbons (Fsp3) is 0.615. The van der Waals surface area contributed by atoms with E-state index in [0.29, 0.717) is 12.2 Å². The Morgan fingerprint density at radius 1 is 1.33 bits per heavy atom. The summed E-state index contributed by atoms with van der Waals surface area (Å²) in [7, 11) is 0. The Hall–Kier alpha value is -0.630. The molecular formula is C13H18OS. The number of hydrogen-bond donors (Lipinski definition) is 0. The Balaban J connectivity index is 2.06. The van der Waals surface area contributed by atoms with Crippen LogP contribution in [0.15, 0.2) is 16.8 Å². The van der Waals surface area contributed by atoms with Crippen molar-refractivity contribution in [1.82, 2.24) is 0 Å². The first-order chi connectivity index (χ1) is 6.87. The van der Waals surface area contributed by atoms with E-state index >= 15 is 0 Å². The van der Waals surface area contributed by atoms with E-state index in [2.05, 4.69) is 33.1 Å². The molecular weight excluding hydrogens is 204 g/mol. The van der Waals surface area contributed by atoms with Crippen LogP contribution in [0.1, 0.15) is 33.3 Å². The fourth-order valence-corrected chi connectivity index (χ4v) is 3.37. The van der Waals surface area contributed by atoms with Gasteiger partial charge in [0.05, 0.1) is 0 Å². The predicted molar refractivity (Wildman–Crippen MR) is 64.1 cm³/mol. The normalized spacial score (nSPS) is 22.7. The summed E-state index contributed by atoms with van der Waals surface area (Å²) in [6, 6.07) is 2.05. The maximum atomic E-state index is 12.1. The number of rotatable bonds is 3. The van der Waals surface area contributed by atoms with E-state index < -0.39 is 0 Å². The van der Waals surface area contributed by atoms with Crippen molar-refractivity contribution in [2.75, 3.05) is 0 Å². The van der Waals surface area contributed by atoms with Crippen molar-refractivity contribution in [2.24, 2.45) is 16.7 Å². The van der Waals surface area contributed by atoms with Crippen LogP contribution < -0.4 is 0 Å². The number of Topliss-reactive ketones (excluding diaryl/α,β-unsaturated/α-hetero) is 1. The third-order valence-corrected chi connectivity index (χ3v) is 5.03. The molecule has 15 heavy (non-hydrogen) atoms. The van der Waals surface area contributed by atoms with Crippen LogP contribution in [0.5, 0.6) is 0 Å². The van der Waals surface area contributed by atoms with E-state index in [1.165, 1.54) is 5.56 Å². The van der Waals surface area contributed by atoms with E-state index in [0.717, 1.165) is 0 Å². The van der Waals surface area contributed by atoms with Gasteiger partial charge in [-0.1, -0.05) is 27.7 Å². The zero-order valence-corrected chi connectivity index (χ0v) is 10.6. The number of carbonyl (C=O) groups is 1. The van der Waals surface area contributed by atoms with Gasteiger partial charge in [0.25, 0.3) is 0 Å². The molecule has 1 aliphatic carbocycles. The van der Waals surface area contributed by atoms with Crippen LogP contribution in [0.3, 0.4) is 0 Å². The van der Waals surface area contributed by atoms with Gasteiger partial charge in [-0.15, -0.1) is 0 Å². The maximum Gasteiger partial charge on any atom is 0.141 e. The largest absolute Gasteiger partial charge is 0.299 e. The molecule has 82 valence electrons. The molecule has 1 nitrogen and oxygen atoms in total. The lowest BCUT2D eigenvalue weighted by atomic mass is 10.0. The van der Waals surface area contributed by atoms with Crippen molar-refractivity contribution in [3.8, 4) is 0 Å². The molecule has 1 aliphatic rings. The summed E-state index contributed by atoms with van der Waals surface area (Å²) in [5.74, 6) is 0.647. The lowest BCUT2D eigenvalue weighted by Gasteiger charge is -2.03. The van der Waals surface area contributed by atoms with Crippen molar-refractivity contribution in [1.29, 1.82) is 0 Å². The molecule has 1 saturated carbocycles. The summed E-state index contributed by atoms with van der Waals surface area (Å²) in [6.07, 6.45) is 0.612. The van der Waals surface area contributed by atoms with Crippen LogP contribution in [0, 0.1) is 16.7 Å². The average molecular weight is 222 g/mol. The molecule has 0 amide bonds. The summed E-state index contributed by atoms with van der Waals surface area (Å²) in [6.45, 7) is 8.79. The Kier molecular flexibility index (Phi) is 2.30. The summed E-state index contributed by atoms with van der Waals surface area (Å²) >= 11 is 1.66. The summed E-state index contributed by atoms with van der Waals surface area (Å²) in [5.41, 5.74) is 1.53. The topological polar surface area (TPSA) is 17.1 Å². The number of thiophene rings is 1. The third-order valence-electron chi connectivity index (χ3n) is 4.30. The molecule has 2 rings (SSSR count). The molecule has 0 unspecified atom stereocenters. The first-order valence-corrected chi connectivity index (χ1v) is 6.35. The highest BCUT2D eigenvalue weighted by molar-refractivity contribution is 7.07. The third kappa shape index (κ3) is 1.55. The number of hydrogen-bond acceptors (Lipinski definition) is 2. The lowest BCUT2D eigenvalue weighted by molar-refractivity contribution is -0.120. The van der Waals surface area contributed by atoms with E-state index in [-0.39, 0.29) is 16.7 Å². The van der Waals surface area contributed by atoms with Gasteiger partial charge >= 0.3 is 0 Å². The van der Waals surface area contributed by atoms with Crippen molar-refractivity contribution in [2.45, 2.75) is 34.1 Å². The zero-order valence-electron chi connectivity index (χ0n) is 9.83. The monoisotopic (exact) mass is 222 g/mol. The van der Waals surface area contributed by atoms with E-state index in [9.17, 15) is 4.79 Å². The lowest BCUT2D eigenvalue weighted by Crippen LogP contribution is -2.09. The molecule has 0 N–H and O–H groups in total. The van der Waals surface area contributed by atoms with Gasteiger partial charge in [-0.25, -0.2) is 0 Å². The second-order valence-electron chi connectivity index (χ2n) is 5.65. The molecule has 0 radical (unpaired) electrons. The molecule has 1 aromatic rings. The molecule has 1 aromatic heterocycles. The van der Waals surface area contributed by atoms with Gasteiger partial charge in [0.1, 0.15) is 5.78 Å². The van der Waals surface area contributed by atoms with E-state index in [1.54, 1.807) is 11.3 Å². The van der Waals surface area contributed by atoms with Crippen LogP contribution >= 0.6 is 11.3 Å². The van der Waals surface area contributed by atoms with Gasteiger partial charge < -0.3 is 0 Å². The van der Waals surface area contributed by atoms with Crippen molar-refractivity contribution in [3.05, 3.63) is 22.4 Å². The minimum absolute atomic E-state index is 0.181. The van der Waals surface area contributed by atoms with Crippen molar-refractivity contribution >= 4 is 17.1 Å². The van der Waals surface area contributed by atoms with Gasteiger partial charge in [0.15, 0.2) is 0 Å². The zero-order chi connectivity index (χ0) is 11.3. The molecule has 0 aliphatic heterocycles. The summed E-state index contributed by atoms with van der Waals surface area (Å²) in [5, 5.41) is 4.10. The molecule has 1 heterocycles. The molecule has 0 aromatic carbocycles. The van der Waals surface area contributed by atoms with Crippen LogP contribution in [0.4, 0.5) is 0 Å². The SMILES string of the molecule is CC1(C)C(C(=O)Cc2ccsc2)C1(C)C. The quantitative estimate of drug-likeness (QED) is 0.764. The number of carbonyl (C=O) groups excluding carboxylic acids is 1.